The fourth-order valence-corrected chi connectivity index (χ4v) is 5.02. The van der Waals surface area contributed by atoms with Gasteiger partial charge in [0.1, 0.15) is 11.5 Å². The summed E-state index contributed by atoms with van der Waals surface area (Å²) in [6, 6.07) is 41.0. The molecule has 0 fully saturated rings. The van der Waals surface area contributed by atoms with E-state index in [9.17, 15) is 0 Å². The standard InChI is InChI=1S/C37H22O2/c1-3-7-26(8-4-1)11-13-28-15-19-32-30(23-28)17-21-34-36(32)37-33-20-16-29(14-12-27-9-5-2-6-10-27)24-31(33)18-22-35(37)39-25-38-34/h1-10,15-24H,25H2. The van der Waals surface area contributed by atoms with Crippen molar-refractivity contribution in [2.45, 2.75) is 0 Å². The number of hydrogen-bond acceptors (Lipinski definition) is 2. The van der Waals surface area contributed by atoms with Crippen LogP contribution in [0.25, 0.3) is 32.7 Å². The van der Waals surface area contributed by atoms with Crippen LogP contribution in [0.15, 0.2) is 121 Å². The molecule has 0 amide bonds. The zero-order valence-corrected chi connectivity index (χ0v) is 21.1. The lowest BCUT2D eigenvalue weighted by atomic mass is 9.91. The van der Waals surface area contributed by atoms with Crippen LogP contribution in [0.3, 0.4) is 0 Å². The van der Waals surface area contributed by atoms with Crippen molar-refractivity contribution in [1.82, 2.24) is 0 Å². The van der Waals surface area contributed by atoms with E-state index in [1.54, 1.807) is 0 Å². The van der Waals surface area contributed by atoms with Crippen molar-refractivity contribution in [3.05, 3.63) is 144 Å². The highest BCUT2D eigenvalue weighted by Gasteiger charge is 2.22. The lowest BCUT2D eigenvalue weighted by Crippen LogP contribution is -2.03. The summed E-state index contributed by atoms with van der Waals surface area (Å²) < 4.78 is 12.1. The second-order valence-corrected chi connectivity index (χ2v) is 9.39. The summed E-state index contributed by atoms with van der Waals surface area (Å²) in [6.07, 6.45) is 0. The Balaban J connectivity index is 1.35. The van der Waals surface area contributed by atoms with E-state index in [0.717, 1.165) is 66.4 Å². The highest BCUT2D eigenvalue weighted by atomic mass is 16.7. The van der Waals surface area contributed by atoms with Gasteiger partial charge in [0.15, 0.2) is 0 Å². The lowest BCUT2D eigenvalue weighted by molar-refractivity contribution is 0.125. The summed E-state index contributed by atoms with van der Waals surface area (Å²) in [7, 11) is 0. The fraction of sp³-hybridized carbons (Fsp3) is 0.0270. The molecule has 0 unspecified atom stereocenters. The van der Waals surface area contributed by atoms with Gasteiger partial charge in [0.25, 0.3) is 0 Å². The van der Waals surface area contributed by atoms with Gasteiger partial charge in [0, 0.05) is 33.4 Å². The summed E-state index contributed by atoms with van der Waals surface area (Å²) in [6.45, 7) is 0.165. The first-order valence-corrected chi connectivity index (χ1v) is 12.9. The molecule has 7 rings (SSSR count). The van der Waals surface area contributed by atoms with Gasteiger partial charge in [0.2, 0.25) is 6.79 Å². The van der Waals surface area contributed by atoms with Gasteiger partial charge >= 0.3 is 0 Å². The Hall–Kier alpha value is -5.44. The van der Waals surface area contributed by atoms with Crippen molar-refractivity contribution >= 4 is 21.5 Å². The molecule has 0 spiro atoms. The maximum atomic E-state index is 6.06. The van der Waals surface area contributed by atoms with E-state index in [1.807, 2.05) is 72.8 Å². The van der Waals surface area contributed by atoms with Gasteiger partial charge in [-0.2, -0.15) is 0 Å². The van der Waals surface area contributed by atoms with Crippen LogP contribution in [0, 0.1) is 23.7 Å². The van der Waals surface area contributed by atoms with Gasteiger partial charge in [-0.3, -0.25) is 0 Å². The van der Waals surface area contributed by atoms with Crippen molar-refractivity contribution in [3.8, 4) is 46.3 Å². The smallest absolute Gasteiger partial charge is 0.230 e. The first-order valence-electron chi connectivity index (χ1n) is 12.9. The van der Waals surface area contributed by atoms with E-state index in [0.29, 0.717) is 0 Å². The SMILES string of the molecule is C(#Cc1ccc2c3c(ccc2c1)OCOc1ccc2cc(C#Cc4ccccc4)ccc2c1-3)c1ccccc1. The first kappa shape index (κ1) is 22.7. The second kappa shape index (κ2) is 9.79. The molecule has 1 aliphatic rings. The van der Waals surface area contributed by atoms with Crippen molar-refractivity contribution < 1.29 is 9.47 Å². The Bertz CT molecular complexity index is 1840. The molecule has 0 N–H and O–H groups in total. The van der Waals surface area contributed by atoms with E-state index in [-0.39, 0.29) is 6.79 Å². The molecule has 2 heteroatoms. The minimum absolute atomic E-state index is 0.165. The second-order valence-electron chi connectivity index (χ2n) is 9.39. The van der Waals surface area contributed by atoms with E-state index < -0.39 is 0 Å². The molecule has 1 heterocycles. The van der Waals surface area contributed by atoms with E-state index in [1.165, 1.54) is 0 Å². The molecule has 6 aromatic carbocycles. The number of benzene rings is 6. The van der Waals surface area contributed by atoms with Crippen molar-refractivity contribution in [2.24, 2.45) is 0 Å². The molecule has 0 radical (unpaired) electrons. The van der Waals surface area contributed by atoms with Crippen molar-refractivity contribution in [3.63, 3.8) is 0 Å². The molecular weight excluding hydrogens is 476 g/mol. The largest absolute Gasteiger partial charge is 0.457 e. The summed E-state index contributed by atoms with van der Waals surface area (Å²) in [5.74, 6) is 14.7. The zero-order valence-electron chi connectivity index (χ0n) is 21.1. The van der Waals surface area contributed by atoms with Crippen molar-refractivity contribution in [1.29, 1.82) is 0 Å². The summed E-state index contributed by atoms with van der Waals surface area (Å²) in [4.78, 5) is 0. The Morgan fingerprint density at radius 2 is 0.846 bits per heavy atom. The molecule has 0 bridgehead atoms. The van der Waals surface area contributed by atoms with Crippen LogP contribution < -0.4 is 9.47 Å². The average molecular weight is 499 g/mol. The van der Waals surface area contributed by atoms with Crippen LogP contribution in [0.4, 0.5) is 0 Å². The lowest BCUT2D eigenvalue weighted by Gasteiger charge is -2.14. The van der Waals surface area contributed by atoms with Crippen molar-refractivity contribution in [2.75, 3.05) is 6.79 Å². The molecule has 0 aromatic heterocycles. The van der Waals surface area contributed by atoms with Gasteiger partial charge < -0.3 is 9.47 Å². The third-order valence-corrected chi connectivity index (χ3v) is 6.89. The molecule has 182 valence electrons. The molecular formula is C37H22O2. The first-order chi connectivity index (χ1) is 19.3. The van der Waals surface area contributed by atoms with Crippen LogP contribution in [0.1, 0.15) is 22.3 Å². The third-order valence-electron chi connectivity index (χ3n) is 6.89. The number of hydrogen-bond donors (Lipinski definition) is 0. The normalized spacial score (nSPS) is 11.5. The molecule has 39 heavy (non-hydrogen) atoms. The van der Waals surface area contributed by atoms with Crippen LogP contribution in [-0.2, 0) is 0 Å². The zero-order chi connectivity index (χ0) is 26.0. The van der Waals surface area contributed by atoms with Crippen LogP contribution >= 0.6 is 0 Å². The van der Waals surface area contributed by atoms with Crippen LogP contribution in [0.5, 0.6) is 11.5 Å². The molecule has 1 aliphatic heterocycles. The molecule has 0 aliphatic carbocycles. The van der Waals surface area contributed by atoms with E-state index in [2.05, 4.69) is 72.2 Å². The Kier molecular flexibility index (Phi) is 5.71. The number of fused-ring (bicyclic) bond motifs is 7. The van der Waals surface area contributed by atoms with E-state index in [4.69, 9.17) is 9.47 Å². The fourth-order valence-electron chi connectivity index (χ4n) is 5.02. The van der Waals surface area contributed by atoms with Gasteiger partial charge in [-0.25, -0.2) is 0 Å². The Morgan fingerprint density at radius 1 is 0.410 bits per heavy atom. The average Bonchev–Trinajstić information content (AvgIpc) is 3.19. The Morgan fingerprint density at radius 3 is 1.31 bits per heavy atom. The van der Waals surface area contributed by atoms with Crippen LogP contribution in [-0.4, -0.2) is 6.79 Å². The molecule has 0 saturated heterocycles. The Labute approximate surface area is 227 Å². The topological polar surface area (TPSA) is 18.5 Å². The van der Waals surface area contributed by atoms with Gasteiger partial charge in [0.05, 0.1) is 0 Å². The third kappa shape index (κ3) is 4.46. The van der Waals surface area contributed by atoms with E-state index >= 15 is 0 Å². The predicted molar refractivity (Wildman–Crippen MR) is 158 cm³/mol. The summed E-state index contributed by atoms with van der Waals surface area (Å²) >= 11 is 0. The van der Waals surface area contributed by atoms with Gasteiger partial charge in [-0.15, -0.1) is 0 Å². The highest BCUT2D eigenvalue weighted by Crippen LogP contribution is 2.47. The highest BCUT2D eigenvalue weighted by molar-refractivity contribution is 6.10. The van der Waals surface area contributed by atoms with Gasteiger partial charge in [-0.1, -0.05) is 84.3 Å². The number of ether oxygens (including phenoxy) is 2. The maximum absolute atomic E-state index is 6.06. The monoisotopic (exact) mass is 498 g/mol. The molecule has 2 nitrogen and oxygen atoms in total. The summed E-state index contributed by atoms with van der Waals surface area (Å²) in [5.41, 5.74) is 6.01. The molecule has 6 aromatic rings. The summed E-state index contributed by atoms with van der Waals surface area (Å²) in [5, 5.41) is 4.41. The predicted octanol–water partition coefficient (Wildman–Crippen LogP) is 8.19. The van der Waals surface area contributed by atoms with Gasteiger partial charge in [-0.05, 0) is 82.2 Å². The maximum Gasteiger partial charge on any atom is 0.230 e. The quantitative estimate of drug-likeness (QED) is 0.197. The van der Waals surface area contributed by atoms with Crippen LogP contribution in [0.2, 0.25) is 0 Å². The minimum Gasteiger partial charge on any atom is -0.457 e. The minimum atomic E-state index is 0.165. The molecule has 0 atom stereocenters. The molecule has 0 saturated carbocycles. The number of rotatable bonds is 0.